The highest BCUT2D eigenvalue weighted by atomic mass is 16.5. The summed E-state index contributed by atoms with van der Waals surface area (Å²) in [5.41, 5.74) is 1.06. The first-order chi connectivity index (χ1) is 8.22. The molecule has 0 atom stereocenters. The number of aliphatic hydroxyl groups excluding tert-OH is 1. The van der Waals surface area contributed by atoms with Crippen LogP contribution >= 0.6 is 0 Å². The smallest absolute Gasteiger partial charge is 0.344 e. The number of aliphatic hydroxyl groups is 1. The van der Waals surface area contributed by atoms with Crippen molar-refractivity contribution in [3.8, 4) is 0 Å². The van der Waals surface area contributed by atoms with Crippen molar-refractivity contribution in [1.29, 1.82) is 0 Å². The third-order valence-corrected chi connectivity index (χ3v) is 2.29. The van der Waals surface area contributed by atoms with Crippen LogP contribution in [0.15, 0.2) is 30.3 Å². The average molecular weight is 233 g/mol. The van der Waals surface area contributed by atoms with Gasteiger partial charge in [0.25, 0.3) is 0 Å². The van der Waals surface area contributed by atoms with Crippen LogP contribution in [0.3, 0.4) is 0 Å². The van der Waals surface area contributed by atoms with E-state index in [1.54, 1.807) is 24.3 Å². The largest absolute Gasteiger partial charge is 0.422 e. The summed E-state index contributed by atoms with van der Waals surface area (Å²) in [7, 11) is 0. The highest BCUT2D eigenvalue weighted by Crippen LogP contribution is 2.28. The molecule has 0 radical (unpaired) electrons. The van der Waals surface area contributed by atoms with Gasteiger partial charge in [0.05, 0.1) is 12.2 Å². The number of hydrogen-bond acceptors (Lipinski definition) is 4. The van der Waals surface area contributed by atoms with Crippen LogP contribution in [0.1, 0.15) is 15.9 Å². The van der Waals surface area contributed by atoms with Gasteiger partial charge in [0.15, 0.2) is 0 Å². The van der Waals surface area contributed by atoms with E-state index in [0.29, 0.717) is 11.1 Å². The molecule has 1 amide bonds. The number of cyclic esters (lactones) is 1. The molecule has 2 rings (SSSR count). The monoisotopic (exact) mass is 233 g/mol. The second-order valence-corrected chi connectivity index (χ2v) is 3.46. The fourth-order valence-corrected chi connectivity index (χ4v) is 1.54. The van der Waals surface area contributed by atoms with Gasteiger partial charge in [-0.25, -0.2) is 4.79 Å². The number of amides is 1. The van der Waals surface area contributed by atoms with Crippen LogP contribution in [0.2, 0.25) is 0 Å². The standard InChI is InChI=1S/C12H11NO4/c14-6-5-13-11(15)7-10-8-3-1-2-4-9(8)12(16)17-10/h1-4,7,14H,5-6H2,(H,13,15). The molecular weight excluding hydrogens is 222 g/mol. The summed E-state index contributed by atoms with van der Waals surface area (Å²) in [4.78, 5) is 22.8. The van der Waals surface area contributed by atoms with Gasteiger partial charge in [-0.3, -0.25) is 4.79 Å². The third-order valence-electron chi connectivity index (χ3n) is 2.29. The first-order valence-corrected chi connectivity index (χ1v) is 5.14. The summed E-state index contributed by atoms with van der Waals surface area (Å²) in [6.45, 7) is 0.0312. The summed E-state index contributed by atoms with van der Waals surface area (Å²) < 4.78 is 4.98. The Labute approximate surface area is 97.7 Å². The Kier molecular flexibility index (Phi) is 3.20. The predicted molar refractivity (Wildman–Crippen MR) is 59.9 cm³/mol. The quantitative estimate of drug-likeness (QED) is 0.582. The molecule has 1 aromatic carbocycles. The van der Waals surface area contributed by atoms with Gasteiger partial charge in [0.2, 0.25) is 5.91 Å². The summed E-state index contributed by atoms with van der Waals surface area (Å²) in [6.07, 6.45) is 1.21. The van der Waals surface area contributed by atoms with Gasteiger partial charge in [-0.05, 0) is 6.07 Å². The summed E-state index contributed by atoms with van der Waals surface area (Å²) in [6, 6.07) is 6.85. The van der Waals surface area contributed by atoms with Crippen molar-refractivity contribution in [3.05, 3.63) is 41.5 Å². The number of carbonyl (C=O) groups is 2. The SMILES string of the molecule is O=C(C=C1OC(=O)c2ccccc21)NCCO. The van der Waals surface area contributed by atoms with E-state index in [0.717, 1.165) is 0 Å². The predicted octanol–water partition coefficient (Wildman–Crippen LogP) is 0.306. The third kappa shape index (κ3) is 2.34. The van der Waals surface area contributed by atoms with Gasteiger partial charge < -0.3 is 15.2 Å². The number of rotatable bonds is 3. The molecule has 0 saturated heterocycles. The van der Waals surface area contributed by atoms with Crippen molar-refractivity contribution in [2.24, 2.45) is 0 Å². The van der Waals surface area contributed by atoms with Crippen molar-refractivity contribution in [2.45, 2.75) is 0 Å². The second-order valence-electron chi connectivity index (χ2n) is 3.46. The van der Waals surface area contributed by atoms with Crippen LogP contribution in [0, 0.1) is 0 Å². The van der Waals surface area contributed by atoms with Gasteiger partial charge in [0.1, 0.15) is 5.76 Å². The van der Waals surface area contributed by atoms with Gasteiger partial charge in [-0.1, -0.05) is 18.2 Å². The van der Waals surface area contributed by atoms with Crippen molar-refractivity contribution in [2.75, 3.05) is 13.2 Å². The zero-order valence-corrected chi connectivity index (χ0v) is 8.97. The van der Waals surface area contributed by atoms with Crippen LogP contribution < -0.4 is 5.32 Å². The maximum atomic E-state index is 11.4. The number of nitrogens with one attached hydrogen (secondary N) is 1. The molecule has 5 nitrogen and oxygen atoms in total. The van der Waals surface area contributed by atoms with Gasteiger partial charge in [-0.15, -0.1) is 0 Å². The molecule has 0 fully saturated rings. The molecule has 0 saturated carbocycles. The van der Waals surface area contributed by atoms with Crippen molar-refractivity contribution >= 4 is 17.6 Å². The molecule has 17 heavy (non-hydrogen) atoms. The van der Waals surface area contributed by atoms with Crippen LogP contribution in [-0.2, 0) is 9.53 Å². The minimum Gasteiger partial charge on any atom is -0.422 e. The average Bonchev–Trinajstić information content (AvgIpc) is 2.65. The summed E-state index contributed by atoms with van der Waals surface area (Å²) in [5.74, 6) is -0.624. The molecule has 0 spiro atoms. The highest BCUT2D eigenvalue weighted by molar-refractivity contribution is 6.06. The molecule has 1 aromatic rings. The Bertz CT molecular complexity index is 493. The lowest BCUT2D eigenvalue weighted by Crippen LogP contribution is -2.24. The Morgan fingerprint density at radius 1 is 1.35 bits per heavy atom. The highest BCUT2D eigenvalue weighted by Gasteiger charge is 2.26. The van der Waals surface area contributed by atoms with Crippen LogP contribution in [0.4, 0.5) is 0 Å². The maximum absolute atomic E-state index is 11.4. The molecular formula is C12H11NO4. The normalized spacial score (nSPS) is 15.6. The van der Waals surface area contributed by atoms with Gasteiger partial charge in [-0.2, -0.15) is 0 Å². The first-order valence-electron chi connectivity index (χ1n) is 5.14. The van der Waals surface area contributed by atoms with Crippen LogP contribution in [0.5, 0.6) is 0 Å². The van der Waals surface area contributed by atoms with Crippen molar-refractivity contribution < 1.29 is 19.4 Å². The molecule has 2 N–H and O–H groups in total. The van der Waals surface area contributed by atoms with Crippen molar-refractivity contribution in [3.63, 3.8) is 0 Å². The lowest BCUT2D eigenvalue weighted by atomic mass is 10.1. The fraction of sp³-hybridized carbons (Fsp3) is 0.167. The molecule has 1 heterocycles. The molecule has 1 aliphatic rings. The van der Waals surface area contributed by atoms with E-state index in [1.165, 1.54) is 6.08 Å². The molecule has 0 unspecified atom stereocenters. The Balaban J connectivity index is 2.22. The molecule has 0 aromatic heterocycles. The van der Waals surface area contributed by atoms with E-state index in [4.69, 9.17) is 9.84 Å². The van der Waals surface area contributed by atoms with E-state index < -0.39 is 11.9 Å². The zero-order valence-electron chi connectivity index (χ0n) is 8.97. The fourth-order valence-electron chi connectivity index (χ4n) is 1.54. The molecule has 88 valence electrons. The second kappa shape index (κ2) is 4.80. The van der Waals surface area contributed by atoms with E-state index in [-0.39, 0.29) is 18.9 Å². The lowest BCUT2D eigenvalue weighted by molar-refractivity contribution is -0.116. The number of ether oxygens (including phenoxy) is 1. The van der Waals surface area contributed by atoms with Gasteiger partial charge >= 0.3 is 5.97 Å². The molecule has 0 bridgehead atoms. The number of carbonyl (C=O) groups excluding carboxylic acids is 2. The summed E-state index contributed by atoms with van der Waals surface area (Å²) >= 11 is 0. The molecule has 5 heteroatoms. The number of hydrogen-bond donors (Lipinski definition) is 2. The Hall–Kier alpha value is -2.14. The van der Waals surface area contributed by atoms with Crippen molar-refractivity contribution in [1.82, 2.24) is 5.32 Å². The molecule has 0 aliphatic carbocycles. The first kappa shape index (κ1) is 11.3. The number of esters is 1. The zero-order chi connectivity index (χ0) is 12.3. The van der Waals surface area contributed by atoms with E-state index in [1.807, 2.05) is 0 Å². The van der Waals surface area contributed by atoms with E-state index in [9.17, 15) is 9.59 Å². The topological polar surface area (TPSA) is 75.6 Å². The number of fused-ring (bicyclic) bond motifs is 1. The Morgan fingerprint density at radius 3 is 2.76 bits per heavy atom. The van der Waals surface area contributed by atoms with E-state index >= 15 is 0 Å². The maximum Gasteiger partial charge on any atom is 0.344 e. The Morgan fingerprint density at radius 2 is 2.06 bits per heavy atom. The summed E-state index contributed by atoms with van der Waals surface area (Å²) in [5, 5.41) is 11.0. The number of benzene rings is 1. The minimum absolute atomic E-state index is 0.134. The lowest BCUT2D eigenvalue weighted by Gasteiger charge is -2.00. The van der Waals surface area contributed by atoms with Crippen LogP contribution in [0.25, 0.3) is 5.76 Å². The van der Waals surface area contributed by atoms with Crippen LogP contribution in [-0.4, -0.2) is 30.1 Å². The molecule has 1 aliphatic heterocycles. The van der Waals surface area contributed by atoms with E-state index in [2.05, 4.69) is 5.32 Å². The van der Waals surface area contributed by atoms with Gasteiger partial charge in [0, 0.05) is 18.2 Å². The minimum atomic E-state index is -0.457.